The van der Waals surface area contributed by atoms with Gasteiger partial charge in [-0.1, -0.05) is 39.3 Å². The van der Waals surface area contributed by atoms with E-state index in [1.54, 1.807) is 11.3 Å². The number of hydrogen-bond donors (Lipinski definition) is 1. The highest BCUT2D eigenvalue weighted by Gasteiger charge is 2.17. The van der Waals surface area contributed by atoms with Crippen molar-refractivity contribution in [1.82, 2.24) is 5.32 Å². The molecule has 0 fully saturated rings. The number of thiophene rings is 1. The van der Waals surface area contributed by atoms with Crippen molar-refractivity contribution < 1.29 is 0 Å². The standard InChI is InChI=1S/C13H22ClNS/c1-5-15-10(8-9-13(2,3)4)11-6-7-12(14)16-11/h6-7,10,15H,5,8-9H2,1-4H3. The summed E-state index contributed by atoms with van der Waals surface area (Å²) in [4.78, 5) is 1.36. The first kappa shape index (κ1) is 14.0. The Balaban J connectivity index is 2.61. The highest BCUT2D eigenvalue weighted by molar-refractivity contribution is 7.16. The first-order chi connectivity index (χ1) is 7.42. The Labute approximate surface area is 108 Å². The second-order valence-electron chi connectivity index (χ2n) is 5.35. The topological polar surface area (TPSA) is 12.0 Å². The lowest BCUT2D eigenvalue weighted by atomic mass is 9.88. The minimum atomic E-state index is 0.398. The second kappa shape index (κ2) is 6.04. The highest BCUT2D eigenvalue weighted by atomic mass is 35.5. The van der Waals surface area contributed by atoms with Gasteiger partial charge in [-0.3, -0.25) is 0 Å². The lowest BCUT2D eigenvalue weighted by Gasteiger charge is -2.23. The molecule has 1 aromatic heterocycles. The summed E-state index contributed by atoms with van der Waals surface area (Å²) in [6, 6.07) is 4.59. The van der Waals surface area contributed by atoms with E-state index in [1.165, 1.54) is 17.7 Å². The third kappa shape index (κ3) is 4.86. The maximum Gasteiger partial charge on any atom is 0.0931 e. The molecule has 0 aliphatic carbocycles. The van der Waals surface area contributed by atoms with Gasteiger partial charge < -0.3 is 5.32 Å². The predicted octanol–water partition coefficient (Wildman–Crippen LogP) is 4.88. The third-order valence-electron chi connectivity index (χ3n) is 2.57. The molecular formula is C13H22ClNS. The molecular weight excluding hydrogens is 238 g/mol. The van der Waals surface area contributed by atoms with Gasteiger partial charge in [0.1, 0.15) is 0 Å². The molecule has 1 nitrogen and oxygen atoms in total. The Morgan fingerprint density at radius 2 is 2.06 bits per heavy atom. The Morgan fingerprint density at radius 3 is 2.50 bits per heavy atom. The van der Waals surface area contributed by atoms with E-state index in [4.69, 9.17) is 11.6 Å². The zero-order valence-electron chi connectivity index (χ0n) is 10.6. The third-order valence-corrected chi connectivity index (χ3v) is 3.92. The highest BCUT2D eigenvalue weighted by Crippen LogP contribution is 2.32. The Hall–Kier alpha value is -0.0500. The molecule has 1 heterocycles. The van der Waals surface area contributed by atoms with Crippen molar-refractivity contribution in [1.29, 1.82) is 0 Å². The molecule has 0 saturated heterocycles. The van der Waals surface area contributed by atoms with Gasteiger partial charge in [0.25, 0.3) is 0 Å². The minimum Gasteiger partial charge on any atom is -0.310 e. The predicted molar refractivity (Wildman–Crippen MR) is 74.4 cm³/mol. The molecule has 92 valence electrons. The zero-order chi connectivity index (χ0) is 12.2. The van der Waals surface area contributed by atoms with Crippen molar-refractivity contribution in [2.45, 2.75) is 46.6 Å². The van der Waals surface area contributed by atoms with Gasteiger partial charge in [0.05, 0.1) is 4.34 Å². The quantitative estimate of drug-likeness (QED) is 0.795. The van der Waals surface area contributed by atoms with Crippen LogP contribution in [0.4, 0.5) is 0 Å². The molecule has 1 unspecified atom stereocenters. The Morgan fingerprint density at radius 1 is 1.38 bits per heavy atom. The molecule has 0 aliphatic rings. The van der Waals surface area contributed by atoms with Gasteiger partial charge in [-0.2, -0.15) is 0 Å². The van der Waals surface area contributed by atoms with E-state index in [-0.39, 0.29) is 0 Å². The largest absolute Gasteiger partial charge is 0.310 e. The van der Waals surface area contributed by atoms with Crippen LogP contribution in [0.5, 0.6) is 0 Å². The fourth-order valence-electron chi connectivity index (χ4n) is 1.68. The van der Waals surface area contributed by atoms with E-state index in [2.05, 4.69) is 39.1 Å². The molecule has 3 heteroatoms. The smallest absolute Gasteiger partial charge is 0.0931 e. The van der Waals surface area contributed by atoms with Crippen LogP contribution in [0.1, 0.15) is 51.5 Å². The van der Waals surface area contributed by atoms with E-state index in [0.717, 1.165) is 10.9 Å². The average molecular weight is 260 g/mol. The zero-order valence-corrected chi connectivity index (χ0v) is 12.2. The minimum absolute atomic E-state index is 0.398. The summed E-state index contributed by atoms with van der Waals surface area (Å²) in [6.07, 6.45) is 2.40. The first-order valence-corrected chi connectivity index (χ1v) is 7.10. The van der Waals surface area contributed by atoms with Crippen molar-refractivity contribution >= 4 is 22.9 Å². The molecule has 0 saturated carbocycles. The lowest BCUT2D eigenvalue weighted by Crippen LogP contribution is -2.21. The van der Waals surface area contributed by atoms with Crippen LogP contribution in [-0.2, 0) is 0 Å². The van der Waals surface area contributed by atoms with Gasteiger partial charge >= 0.3 is 0 Å². The lowest BCUT2D eigenvalue weighted by molar-refractivity contribution is 0.335. The molecule has 0 radical (unpaired) electrons. The molecule has 0 aliphatic heterocycles. The second-order valence-corrected chi connectivity index (χ2v) is 7.10. The van der Waals surface area contributed by atoms with Gasteiger partial charge in [0.2, 0.25) is 0 Å². The van der Waals surface area contributed by atoms with Crippen LogP contribution in [0, 0.1) is 5.41 Å². The average Bonchev–Trinajstić information content (AvgIpc) is 2.57. The van der Waals surface area contributed by atoms with E-state index in [9.17, 15) is 0 Å². The number of nitrogens with one attached hydrogen (secondary N) is 1. The van der Waals surface area contributed by atoms with E-state index < -0.39 is 0 Å². The monoisotopic (exact) mass is 259 g/mol. The maximum atomic E-state index is 5.99. The SMILES string of the molecule is CCNC(CCC(C)(C)C)c1ccc(Cl)s1. The van der Waals surface area contributed by atoms with E-state index in [0.29, 0.717) is 11.5 Å². The molecule has 0 bridgehead atoms. The molecule has 0 aromatic carbocycles. The van der Waals surface area contributed by atoms with Crippen LogP contribution in [-0.4, -0.2) is 6.54 Å². The van der Waals surface area contributed by atoms with Crippen molar-refractivity contribution in [2.24, 2.45) is 5.41 Å². The molecule has 1 rings (SSSR count). The summed E-state index contributed by atoms with van der Waals surface area (Å²) in [5.74, 6) is 0. The summed E-state index contributed by atoms with van der Waals surface area (Å²) in [5.41, 5.74) is 0.398. The molecule has 0 amide bonds. The molecule has 0 spiro atoms. The van der Waals surface area contributed by atoms with Gasteiger partial charge in [0, 0.05) is 10.9 Å². The Bertz CT molecular complexity index is 314. The van der Waals surface area contributed by atoms with E-state index in [1.807, 2.05) is 6.07 Å². The summed E-state index contributed by atoms with van der Waals surface area (Å²) in [5, 5.41) is 3.54. The van der Waals surface area contributed by atoms with Crippen LogP contribution in [0.3, 0.4) is 0 Å². The molecule has 1 atom stereocenters. The maximum absolute atomic E-state index is 5.99. The number of halogens is 1. The number of rotatable bonds is 5. The van der Waals surface area contributed by atoms with Crippen molar-refractivity contribution in [3.8, 4) is 0 Å². The number of hydrogen-bond acceptors (Lipinski definition) is 2. The van der Waals surface area contributed by atoms with Crippen LogP contribution >= 0.6 is 22.9 Å². The van der Waals surface area contributed by atoms with Gasteiger partial charge in [-0.15, -0.1) is 11.3 Å². The summed E-state index contributed by atoms with van der Waals surface area (Å²) < 4.78 is 0.883. The fraction of sp³-hybridized carbons (Fsp3) is 0.692. The van der Waals surface area contributed by atoms with Crippen molar-refractivity contribution in [2.75, 3.05) is 6.54 Å². The van der Waals surface area contributed by atoms with Crippen LogP contribution < -0.4 is 5.32 Å². The normalized spacial score (nSPS) is 14.1. The van der Waals surface area contributed by atoms with Crippen LogP contribution in [0.25, 0.3) is 0 Å². The van der Waals surface area contributed by atoms with Crippen LogP contribution in [0.2, 0.25) is 4.34 Å². The van der Waals surface area contributed by atoms with Gasteiger partial charge in [-0.05, 0) is 36.9 Å². The first-order valence-electron chi connectivity index (χ1n) is 5.91. The van der Waals surface area contributed by atoms with E-state index >= 15 is 0 Å². The van der Waals surface area contributed by atoms with Crippen molar-refractivity contribution in [3.05, 3.63) is 21.3 Å². The fourth-order valence-corrected chi connectivity index (χ4v) is 2.86. The molecule has 1 N–H and O–H groups in total. The summed E-state index contributed by atoms with van der Waals surface area (Å²) in [6.45, 7) is 10.0. The summed E-state index contributed by atoms with van der Waals surface area (Å²) in [7, 11) is 0. The van der Waals surface area contributed by atoms with Gasteiger partial charge in [-0.25, -0.2) is 0 Å². The molecule has 16 heavy (non-hydrogen) atoms. The van der Waals surface area contributed by atoms with Crippen molar-refractivity contribution in [3.63, 3.8) is 0 Å². The molecule has 1 aromatic rings. The Kier molecular flexibility index (Phi) is 5.29. The summed E-state index contributed by atoms with van der Waals surface area (Å²) >= 11 is 7.67. The van der Waals surface area contributed by atoms with Crippen LogP contribution in [0.15, 0.2) is 12.1 Å². The van der Waals surface area contributed by atoms with Gasteiger partial charge in [0.15, 0.2) is 0 Å².